The average molecular weight is 339 g/mol. The van der Waals surface area contributed by atoms with Crippen molar-refractivity contribution in [3.05, 3.63) is 52.5 Å². The van der Waals surface area contributed by atoms with Crippen LogP contribution in [0.15, 0.2) is 17.8 Å². The van der Waals surface area contributed by atoms with Crippen molar-refractivity contribution in [2.24, 2.45) is 0 Å². The number of aromatic amines is 1. The van der Waals surface area contributed by atoms with Crippen molar-refractivity contribution in [2.45, 2.75) is 0 Å². The minimum atomic E-state index is -4.27. The van der Waals surface area contributed by atoms with Crippen molar-refractivity contribution in [3.63, 3.8) is 0 Å². The highest BCUT2D eigenvalue weighted by Crippen LogP contribution is 2.24. The Labute approximate surface area is 120 Å². The van der Waals surface area contributed by atoms with Gasteiger partial charge in [0.1, 0.15) is 0 Å². The Morgan fingerprint density at radius 2 is 1.55 bits per heavy atom. The van der Waals surface area contributed by atoms with Crippen molar-refractivity contribution in [1.29, 1.82) is 0 Å². The summed E-state index contributed by atoms with van der Waals surface area (Å²) in [6, 6.07) is 0. The van der Waals surface area contributed by atoms with Gasteiger partial charge >= 0.3 is 0 Å². The Morgan fingerprint density at radius 1 is 1.00 bits per heavy atom. The third kappa shape index (κ3) is 3.08. The standard InChI is InChI=1S/C11H6F5N3O2S/c12-6-5(7(13)9(15)10(16)8(6)14)1-4-22(20,21)19-11-17-2-3-18-11/h1-4H,(H2,17,18,19). The largest absolute Gasteiger partial charge is 0.330 e. The first-order chi connectivity index (χ1) is 10.2. The molecule has 0 fully saturated rings. The second-order valence-electron chi connectivity index (χ2n) is 3.87. The molecule has 2 aromatic rings. The van der Waals surface area contributed by atoms with E-state index in [4.69, 9.17) is 0 Å². The van der Waals surface area contributed by atoms with Crippen LogP contribution in [0.25, 0.3) is 6.08 Å². The van der Waals surface area contributed by atoms with E-state index in [2.05, 4.69) is 9.97 Å². The van der Waals surface area contributed by atoms with Gasteiger partial charge in [-0.1, -0.05) is 0 Å². The molecule has 1 heterocycles. The summed E-state index contributed by atoms with van der Waals surface area (Å²) in [7, 11) is -4.27. The third-order valence-corrected chi connectivity index (χ3v) is 3.37. The zero-order valence-corrected chi connectivity index (χ0v) is 11.2. The summed E-state index contributed by atoms with van der Waals surface area (Å²) >= 11 is 0. The molecule has 118 valence electrons. The first-order valence-electron chi connectivity index (χ1n) is 5.44. The molecular weight excluding hydrogens is 333 g/mol. The Morgan fingerprint density at radius 3 is 2.05 bits per heavy atom. The summed E-state index contributed by atoms with van der Waals surface area (Å²) in [5.41, 5.74) is -1.37. The van der Waals surface area contributed by atoms with Crippen LogP contribution in [0.5, 0.6) is 0 Å². The third-order valence-electron chi connectivity index (χ3n) is 2.39. The lowest BCUT2D eigenvalue weighted by Gasteiger charge is -2.04. The molecular formula is C11H6F5N3O2S. The van der Waals surface area contributed by atoms with Gasteiger partial charge in [0.2, 0.25) is 11.8 Å². The SMILES string of the molecule is O=S(=O)(C=Cc1c(F)c(F)c(F)c(F)c1F)Nc1ncc[nH]1. The Hall–Kier alpha value is -2.43. The molecule has 0 spiro atoms. The lowest BCUT2D eigenvalue weighted by atomic mass is 10.1. The predicted octanol–water partition coefficient (Wildman–Crippen LogP) is 2.52. The Balaban J connectivity index is 2.38. The maximum Gasteiger partial charge on any atom is 0.257 e. The number of nitrogens with one attached hydrogen (secondary N) is 2. The highest BCUT2D eigenvalue weighted by molar-refractivity contribution is 7.95. The number of hydrogen-bond acceptors (Lipinski definition) is 3. The fourth-order valence-corrected chi connectivity index (χ4v) is 2.18. The van der Waals surface area contributed by atoms with Gasteiger partial charge in [0.15, 0.2) is 23.3 Å². The molecule has 0 radical (unpaired) electrons. The quantitative estimate of drug-likeness (QED) is 0.511. The van der Waals surface area contributed by atoms with Crippen LogP contribution >= 0.6 is 0 Å². The molecule has 0 amide bonds. The van der Waals surface area contributed by atoms with Gasteiger partial charge < -0.3 is 4.98 Å². The van der Waals surface area contributed by atoms with E-state index < -0.39 is 44.7 Å². The van der Waals surface area contributed by atoms with Gasteiger partial charge in [-0.05, 0) is 6.08 Å². The van der Waals surface area contributed by atoms with Gasteiger partial charge in [-0.3, -0.25) is 0 Å². The van der Waals surface area contributed by atoms with E-state index in [0.717, 1.165) is 0 Å². The molecule has 22 heavy (non-hydrogen) atoms. The molecule has 11 heteroatoms. The lowest BCUT2D eigenvalue weighted by Crippen LogP contribution is -2.10. The molecule has 2 N–H and O–H groups in total. The molecule has 0 aliphatic heterocycles. The van der Waals surface area contributed by atoms with Crippen LogP contribution in [0.4, 0.5) is 27.9 Å². The van der Waals surface area contributed by atoms with Crippen molar-refractivity contribution < 1.29 is 30.4 Å². The van der Waals surface area contributed by atoms with Gasteiger partial charge in [0.05, 0.1) is 11.0 Å². The maximum atomic E-state index is 13.3. The number of benzene rings is 1. The number of imidazole rings is 1. The van der Waals surface area contributed by atoms with Crippen LogP contribution in [0, 0.1) is 29.1 Å². The monoisotopic (exact) mass is 339 g/mol. The zero-order valence-electron chi connectivity index (χ0n) is 10.4. The van der Waals surface area contributed by atoms with E-state index in [1.54, 1.807) is 0 Å². The van der Waals surface area contributed by atoms with E-state index in [1.807, 2.05) is 4.72 Å². The molecule has 1 aromatic carbocycles. The van der Waals surface area contributed by atoms with E-state index in [0.29, 0.717) is 0 Å². The highest BCUT2D eigenvalue weighted by atomic mass is 32.2. The van der Waals surface area contributed by atoms with Gasteiger partial charge in [-0.25, -0.2) is 40.1 Å². The smallest absolute Gasteiger partial charge is 0.257 e. The first kappa shape index (κ1) is 15.9. The number of anilines is 1. The fraction of sp³-hybridized carbons (Fsp3) is 0. The van der Waals surface area contributed by atoms with Crippen molar-refractivity contribution >= 4 is 22.0 Å². The van der Waals surface area contributed by atoms with Gasteiger partial charge in [-0.2, -0.15) is 0 Å². The molecule has 5 nitrogen and oxygen atoms in total. The number of rotatable bonds is 4. The second-order valence-corrected chi connectivity index (χ2v) is 5.44. The van der Waals surface area contributed by atoms with Crippen LogP contribution in [0.1, 0.15) is 5.56 Å². The van der Waals surface area contributed by atoms with Gasteiger partial charge in [0.25, 0.3) is 10.0 Å². The minimum absolute atomic E-state index is 0.193. The summed E-state index contributed by atoms with van der Waals surface area (Å²) < 4.78 is 90.4. The Kier molecular flexibility index (Phi) is 4.17. The predicted molar refractivity (Wildman–Crippen MR) is 66.4 cm³/mol. The molecule has 0 aliphatic carbocycles. The molecule has 2 rings (SSSR count). The first-order valence-corrected chi connectivity index (χ1v) is 6.99. The minimum Gasteiger partial charge on any atom is -0.330 e. The topological polar surface area (TPSA) is 74.8 Å². The summed E-state index contributed by atoms with van der Waals surface area (Å²) in [6.45, 7) is 0. The van der Waals surface area contributed by atoms with Crippen LogP contribution in [0.3, 0.4) is 0 Å². The van der Waals surface area contributed by atoms with Crippen LogP contribution in [-0.4, -0.2) is 18.4 Å². The van der Waals surface area contributed by atoms with E-state index in [1.165, 1.54) is 12.4 Å². The molecule has 1 aromatic heterocycles. The summed E-state index contributed by atoms with van der Waals surface area (Å²) in [5.74, 6) is -11.1. The van der Waals surface area contributed by atoms with E-state index in [9.17, 15) is 30.4 Å². The summed E-state index contributed by atoms with van der Waals surface area (Å²) in [4.78, 5) is 5.92. The average Bonchev–Trinajstić information content (AvgIpc) is 2.95. The van der Waals surface area contributed by atoms with Crippen molar-refractivity contribution in [2.75, 3.05) is 4.72 Å². The molecule has 0 aliphatic rings. The second kappa shape index (κ2) is 5.75. The van der Waals surface area contributed by atoms with Crippen LogP contribution < -0.4 is 4.72 Å². The molecule has 0 atom stereocenters. The zero-order chi connectivity index (χ0) is 16.5. The van der Waals surface area contributed by atoms with Gasteiger partial charge in [-0.15, -0.1) is 0 Å². The number of halogens is 5. The van der Waals surface area contributed by atoms with Crippen LogP contribution in [0.2, 0.25) is 0 Å². The molecule has 0 bridgehead atoms. The normalized spacial score (nSPS) is 12.0. The van der Waals surface area contributed by atoms with Crippen molar-refractivity contribution in [1.82, 2.24) is 9.97 Å². The van der Waals surface area contributed by atoms with E-state index >= 15 is 0 Å². The number of H-pyrrole nitrogens is 1. The number of hydrogen-bond donors (Lipinski definition) is 2. The lowest BCUT2D eigenvalue weighted by molar-refractivity contribution is 0.377. The molecule has 0 unspecified atom stereocenters. The fourth-order valence-electron chi connectivity index (χ4n) is 1.42. The maximum absolute atomic E-state index is 13.3. The molecule has 0 saturated carbocycles. The Bertz CT molecular complexity index is 805. The van der Waals surface area contributed by atoms with Crippen LogP contribution in [-0.2, 0) is 10.0 Å². The number of aromatic nitrogens is 2. The van der Waals surface area contributed by atoms with E-state index in [-0.39, 0.29) is 17.4 Å². The molecule has 0 saturated heterocycles. The van der Waals surface area contributed by atoms with Crippen molar-refractivity contribution in [3.8, 4) is 0 Å². The summed E-state index contributed by atoms with van der Waals surface area (Å²) in [6.07, 6.45) is 2.78. The highest BCUT2D eigenvalue weighted by Gasteiger charge is 2.24. The van der Waals surface area contributed by atoms with Gasteiger partial charge in [0, 0.05) is 12.4 Å². The summed E-state index contributed by atoms with van der Waals surface area (Å²) in [5, 5.41) is 0.244. The number of nitrogens with zero attached hydrogens (tertiary/aromatic N) is 1. The number of sulfonamides is 1.